The minimum absolute atomic E-state index is 0.429. The number of halogens is 1. The molecule has 0 saturated heterocycles. The minimum Gasteiger partial charge on any atom is -0.493 e. The molecule has 2 nitrogen and oxygen atoms in total. The van der Waals surface area contributed by atoms with Crippen molar-refractivity contribution < 1.29 is 9.47 Å². The second-order valence-electron chi connectivity index (χ2n) is 3.67. The van der Waals surface area contributed by atoms with Gasteiger partial charge in [-0.1, -0.05) is 41.9 Å². The molecule has 0 aliphatic heterocycles. The standard InChI is InChI=1S/C12H17BrO2/c1-8(2)10-6-5-9(7-13)11(14-3)12(10)15-4/h5-6,8H,7H2,1-4H3. The van der Waals surface area contributed by atoms with Gasteiger partial charge < -0.3 is 9.47 Å². The molecule has 0 spiro atoms. The van der Waals surface area contributed by atoms with Crippen LogP contribution in [0.4, 0.5) is 0 Å². The van der Waals surface area contributed by atoms with Gasteiger partial charge in [-0.25, -0.2) is 0 Å². The molecular formula is C12H17BrO2. The summed E-state index contributed by atoms with van der Waals surface area (Å²) in [7, 11) is 3.36. The normalized spacial score (nSPS) is 10.5. The third-order valence-corrected chi connectivity index (χ3v) is 3.00. The van der Waals surface area contributed by atoms with Gasteiger partial charge in [-0.05, 0) is 5.92 Å². The molecule has 0 amide bonds. The first-order valence-corrected chi connectivity index (χ1v) is 6.07. The van der Waals surface area contributed by atoms with Crippen LogP contribution >= 0.6 is 15.9 Å². The lowest BCUT2D eigenvalue weighted by Gasteiger charge is -2.17. The van der Waals surface area contributed by atoms with Crippen LogP contribution in [0.15, 0.2) is 12.1 Å². The Morgan fingerprint density at radius 2 is 1.73 bits per heavy atom. The third kappa shape index (κ3) is 2.46. The van der Waals surface area contributed by atoms with Crippen LogP contribution in [-0.2, 0) is 5.33 Å². The molecule has 0 aliphatic carbocycles. The Kier molecular flexibility index (Phi) is 4.45. The van der Waals surface area contributed by atoms with Crippen LogP contribution in [0.25, 0.3) is 0 Å². The molecule has 15 heavy (non-hydrogen) atoms. The molecule has 0 N–H and O–H groups in total. The van der Waals surface area contributed by atoms with Gasteiger partial charge in [-0.15, -0.1) is 0 Å². The van der Waals surface area contributed by atoms with Gasteiger partial charge in [-0.3, -0.25) is 0 Å². The topological polar surface area (TPSA) is 18.5 Å². The van der Waals surface area contributed by atoms with Crippen molar-refractivity contribution in [2.24, 2.45) is 0 Å². The fraction of sp³-hybridized carbons (Fsp3) is 0.500. The number of benzene rings is 1. The highest BCUT2D eigenvalue weighted by molar-refractivity contribution is 9.08. The first-order chi connectivity index (χ1) is 7.15. The maximum absolute atomic E-state index is 5.43. The SMILES string of the molecule is COc1c(CBr)ccc(C(C)C)c1OC. The fourth-order valence-corrected chi connectivity index (χ4v) is 2.05. The number of methoxy groups -OCH3 is 2. The molecule has 84 valence electrons. The molecule has 0 heterocycles. The predicted octanol–water partition coefficient (Wildman–Crippen LogP) is 3.72. The van der Waals surface area contributed by atoms with E-state index in [0.29, 0.717) is 5.92 Å². The van der Waals surface area contributed by atoms with Crippen LogP contribution in [0.1, 0.15) is 30.9 Å². The van der Waals surface area contributed by atoms with Crippen molar-refractivity contribution in [2.45, 2.75) is 25.1 Å². The van der Waals surface area contributed by atoms with E-state index < -0.39 is 0 Å². The summed E-state index contributed by atoms with van der Waals surface area (Å²) >= 11 is 3.44. The van der Waals surface area contributed by atoms with E-state index in [1.807, 2.05) is 0 Å². The van der Waals surface area contributed by atoms with E-state index in [1.165, 1.54) is 5.56 Å². The lowest BCUT2D eigenvalue weighted by molar-refractivity contribution is 0.348. The van der Waals surface area contributed by atoms with Crippen molar-refractivity contribution in [2.75, 3.05) is 14.2 Å². The Morgan fingerprint density at radius 1 is 1.13 bits per heavy atom. The highest BCUT2D eigenvalue weighted by atomic mass is 79.9. The van der Waals surface area contributed by atoms with E-state index in [0.717, 1.165) is 22.4 Å². The van der Waals surface area contributed by atoms with E-state index in [2.05, 4.69) is 41.9 Å². The number of ether oxygens (including phenoxy) is 2. The van der Waals surface area contributed by atoms with Crippen LogP contribution in [-0.4, -0.2) is 14.2 Å². The third-order valence-electron chi connectivity index (χ3n) is 2.40. The Balaban J connectivity index is 3.34. The quantitative estimate of drug-likeness (QED) is 0.778. The number of hydrogen-bond donors (Lipinski definition) is 0. The molecule has 0 aromatic heterocycles. The van der Waals surface area contributed by atoms with Crippen molar-refractivity contribution >= 4 is 15.9 Å². The Bertz CT molecular complexity index is 335. The molecule has 0 saturated carbocycles. The molecule has 1 rings (SSSR count). The number of alkyl halides is 1. The molecular weight excluding hydrogens is 256 g/mol. The highest BCUT2D eigenvalue weighted by Crippen LogP contribution is 2.38. The van der Waals surface area contributed by atoms with Crippen LogP contribution < -0.4 is 9.47 Å². The molecule has 0 atom stereocenters. The number of hydrogen-bond acceptors (Lipinski definition) is 2. The van der Waals surface area contributed by atoms with Crippen molar-refractivity contribution in [1.29, 1.82) is 0 Å². The van der Waals surface area contributed by atoms with Gasteiger partial charge in [0.2, 0.25) is 0 Å². The van der Waals surface area contributed by atoms with Gasteiger partial charge in [0.1, 0.15) is 0 Å². The highest BCUT2D eigenvalue weighted by Gasteiger charge is 2.15. The minimum atomic E-state index is 0.429. The lowest BCUT2D eigenvalue weighted by Crippen LogP contribution is -2.00. The van der Waals surface area contributed by atoms with Crippen molar-refractivity contribution in [3.05, 3.63) is 23.3 Å². The second-order valence-corrected chi connectivity index (χ2v) is 4.23. The summed E-state index contributed by atoms with van der Waals surface area (Å²) in [6.45, 7) is 4.29. The summed E-state index contributed by atoms with van der Waals surface area (Å²) in [5, 5.41) is 0.769. The summed E-state index contributed by atoms with van der Waals surface area (Å²) < 4.78 is 10.8. The molecule has 0 bridgehead atoms. The number of rotatable bonds is 4. The van der Waals surface area contributed by atoms with Gasteiger partial charge in [-0.2, -0.15) is 0 Å². The van der Waals surface area contributed by atoms with E-state index in [4.69, 9.17) is 9.47 Å². The lowest BCUT2D eigenvalue weighted by atomic mass is 9.99. The average molecular weight is 273 g/mol. The fourth-order valence-electron chi connectivity index (χ4n) is 1.61. The van der Waals surface area contributed by atoms with E-state index in [-0.39, 0.29) is 0 Å². The van der Waals surface area contributed by atoms with Crippen molar-refractivity contribution in [1.82, 2.24) is 0 Å². The average Bonchev–Trinajstić information content (AvgIpc) is 2.26. The second kappa shape index (κ2) is 5.40. The Morgan fingerprint density at radius 3 is 2.13 bits per heavy atom. The van der Waals surface area contributed by atoms with Gasteiger partial charge in [0.05, 0.1) is 14.2 Å². The molecule has 0 unspecified atom stereocenters. The van der Waals surface area contributed by atoms with E-state index in [1.54, 1.807) is 14.2 Å². The summed E-state index contributed by atoms with van der Waals surface area (Å²) in [6.07, 6.45) is 0. The molecule has 0 fully saturated rings. The Hall–Kier alpha value is -0.700. The first-order valence-electron chi connectivity index (χ1n) is 4.95. The first kappa shape index (κ1) is 12.4. The summed E-state index contributed by atoms with van der Waals surface area (Å²) in [5.41, 5.74) is 2.29. The smallest absolute Gasteiger partial charge is 0.165 e. The zero-order valence-electron chi connectivity index (χ0n) is 9.63. The van der Waals surface area contributed by atoms with Crippen LogP contribution in [0, 0.1) is 0 Å². The summed E-state index contributed by atoms with van der Waals surface area (Å²) in [4.78, 5) is 0. The van der Waals surface area contributed by atoms with Gasteiger partial charge in [0.15, 0.2) is 11.5 Å². The van der Waals surface area contributed by atoms with Gasteiger partial charge in [0.25, 0.3) is 0 Å². The molecule has 1 aromatic rings. The van der Waals surface area contributed by atoms with Gasteiger partial charge in [0, 0.05) is 16.5 Å². The van der Waals surface area contributed by atoms with Crippen molar-refractivity contribution in [3.63, 3.8) is 0 Å². The molecule has 1 aromatic carbocycles. The molecule has 3 heteroatoms. The van der Waals surface area contributed by atoms with Crippen LogP contribution in [0.5, 0.6) is 11.5 Å². The largest absolute Gasteiger partial charge is 0.493 e. The Labute approximate surface area is 99.7 Å². The van der Waals surface area contributed by atoms with E-state index >= 15 is 0 Å². The molecule has 0 aliphatic rings. The summed E-state index contributed by atoms with van der Waals surface area (Å²) in [6, 6.07) is 4.17. The zero-order valence-corrected chi connectivity index (χ0v) is 11.2. The van der Waals surface area contributed by atoms with Crippen LogP contribution in [0.2, 0.25) is 0 Å². The van der Waals surface area contributed by atoms with E-state index in [9.17, 15) is 0 Å². The monoisotopic (exact) mass is 272 g/mol. The predicted molar refractivity (Wildman–Crippen MR) is 66.3 cm³/mol. The van der Waals surface area contributed by atoms with Crippen LogP contribution in [0.3, 0.4) is 0 Å². The maximum atomic E-state index is 5.43. The van der Waals surface area contributed by atoms with Crippen molar-refractivity contribution in [3.8, 4) is 11.5 Å². The maximum Gasteiger partial charge on any atom is 0.165 e. The summed E-state index contributed by atoms with van der Waals surface area (Å²) in [5.74, 6) is 2.11. The molecule has 0 radical (unpaired) electrons. The zero-order chi connectivity index (χ0) is 11.4. The van der Waals surface area contributed by atoms with Gasteiger partial charge >= 0.3 is 0 Å².